The number of hydrogen-bond acceptors (Lipinski definition) is 3. The van der Waals surface area contributed by atoms with Crippen LogP contribution in [0.15, 0.2) is 0 Å². The van der Waals surface area contributed by atoms with E-state index < -0.39 is 33.8 Å². The van der Waals surface area contributed by atoms with E-state index >= 15 is 0 Å². The molecule has 19 heavy (non-hydrogen) atoms. The molecule has 0 aliphatic heterocycles. The van der Waals surface area contributed by atoms with Gasteiger partial charge < -0.3 is 0 Å². The van der Waals surface area contributed by atoms with E-state index in [1.807, 2.05) is 0 Å². The van der Waals surface area contributed by atoms with Crippen LogP contribution in [0.25, 0.3) is 0 Å². The molecule has 112 valence electrons. The van der Waals surface area contributed by atoms with Gasteiger partial charge in [0, 0.05) is 0 Å². The van der Waals surface area contributed by atoms with Crippen LogP contribution in [0.2, 0.25) is 0 Å². The molecule has 0 bridgehead atoms. The molecular formula is C4H2F9KO4S. The van der Waals surface area contributed by atoms with Crippen molar-refractivity contribution >= 4 is 61.5 Å². The molecule has 0 saturated carbocycles. The van der Waals surface area contributed by atoms with E-state index in [0.29, 0.717) is 0 Å². The molecule has 0 heterocycles. The molecule has 0 aliphatic carbocycles. The van der Waals surface area contributed by atoms with Gasteiger partial charge in [0.2, 0.25) is 0 Å². The fourth-order valence-corrected chi connectivity index (χ4v) is 0.770. The van der Waals surface area contributed by atoms with E-state index in [-0.39, 0.29) is 51.4 Å². The molecule has 0 atom stereocenters. The predicted octanol–water partition coefficient (Wildman–Crippen LogP) is 1.58. The van der Waals surface area contributed by atoms with Crippen LogP contribution in [0.4, 0.5) is 39.5 Å². The van der Waals surface area contributed by atoms with Gasteiger partial charge in [0.05, 0.1) is 0 Å². The quantitative estimate of drug-likeness (QED) is 0.472. The second-order valence-electron chi connectivity index (χ2n) is 2.63. The minimum atomic E-state index is -6.99. The first-order valence-corrected chi connectivity index (χ1v) is 4.77. The standard InChI is InChI=1S/C4HF9O4S.K.H/c5-1(6,7)2(8,9)17-3(10,11)4(12,13)18(14,15)16;;/h(H,14,15,16);;. The fraction of sp³-hybridized carbons (Fsp3) is 1.00. The van der Waals surface area contributed by atoms with Gasteiger partial charge in [-0.2, -0.15) is 47.9 Å². The third kappa shape index (κ3) is 4.68. The summed E-state index contributed by atoms with van der Waals surface area (Å²) in [6, 6.07) is 0. The van der Waals surface area contributed by atoms with Gasteiger partial charge >= 0.3 is 85.2 Å². The summed E-state index contributed by atoms with van der Waals surface area (Å²) in [4.78, 5) is 0. The first kappa shape index (κ1) is 22.2. The van der Waals surface area contributed by atoms with Crippen LogP contribution in [-0.4, -0.2) is 88.0 Å². The summed E-state index contributed by atoms with van der Waals surface area (Å²) in [5.41, 5.74) is 0. The average molecular weight is 356 g/mol. The Morgan fingerprint density at radius 2 is 1.11 bits per heavy atom. The topological polar surface area (TPSA) is 63.6 Å². The Bertz CT molecular complexity index is 414. The molecule has 1 N–H and O–H groups in total. The number of hydrogen-bond donors (Lipinski definition) is 1. The molecule has 15 heteroatoms. The first-order chi connectivity index (χ1) is 7.46. The van der Waals surface area contributed by atoms with Gasteiger partial charge in [-0.1, -0.05) is 0 Å². The molecule has 0 unspecified atom stereocenters. The van der Waals surface area contributed by atoms with E-state index in [2.05, 4.69) is 0 Å². The maximum absolute atomic E-state index is 12.2. The minimum absolute atomic E-state index is 0. The Morgan fingerprint density at radius 1 is 0.789 bits per heavy atom. The van der Waals surface area contributed by atoms with Gasteiger partial charge in [0.15, 0.2) is 0 Å². The fourth-order valence-electron chi connectivity index (χ4n) is 0.428. The summed E-state index contributed by atoms with van der Waals surface area (Å²) >= 11 is 0. The van der Waals surface area contributed by atoms with Crippen molar-refractivity contribution in [2.45, 2.75) is 23.6 Å². The normalized spacial score (nSPS) is 15.1. The van der Waals surface area contributed by atoms with Crippen molar-refractivity contribution in [1.82, 2.24) is 0 Å². The van der Waals surface area contributed by atoms with Crippen LogP contribution in [0.5, 0.6) is 0 Å². The Morgan fingerprint density at radius 3 is 1.32 bits per heavy atom. The number of ether oxygens (including phenoxy) is 1. The van der Waals surface area contributed by atoms with Gasteiger partial charge in [0.1, 0.15) is 0 Å². The van der Waals surface area contributed by atoms with E-state index in [0.717, 1.165) is 0 Å². The van der Waals surface area contributed by atoms with Gasteiger partial charge in [-0.15, -0.1) is 0 Å². The third-order valence-corrected chi connectivity index (χ3v) is 2.13. The summed E-state index contributed by atoms with van der Waals surface area (Å²) < 4.78 is 135. The molecule has 0 radical (unpaired) electrons. The molecule has 0 amide bonds. The summed E-state index contributed by atoms with van der Waals surface area (Å²) in [5.74, 6) is 0. The zero-order chi connectivity index (χ0) is 15.2. The molecular weight excluding hydrogens is 354 g/mol. The predicted molar refractivity (Wildman–Crippen MR) is 40.7 cm³/mol. The van der Waals surface area contributed by atoms with E-state index in [1.165, 1.54) is 4.74 Å². The molecule has 4 nitrogen and oxygen atoms in total. The van der Waals surface area contributed by atoms with Crippen molar-refractivity contribution in [2.24, 2.45) is 0 Å². The van der Waals surface area contributed by atoms with Crippen LogP contribution in [0.3, 0.4) is 0 Å². The van der Waals surface area contributed by atoms with E-state index in [9.17, 15) is 47.9 Å². The second kappa shape index (κ2) is 5.94. The van der Waals surface area contributed by atoms with Gasteiger partial charge in [-0.05, 0) is 0 Å². The van der Waals surface area contributed by atoms with E-state index in [1.54, 1.807) is 0 Å². The van der Waals surface area contributed by atoms with Gasteiger partial charge in [0.25, 0.3) is 0 Å². The van der Waals surface area contributed by atoms with Crippen LogP contribution in [0.1, 0.15) is 0 Å². The van der Waals surface area contributed by atoms with Crippen molar-refractivity contribution in [1.29, 1.82) is 0 Å². The Balaban J connectivity index is 0. The number of alkyl halides is 9. The Hall–Kier alpha value is 0.876. The second-order valence-corrected chi connectivity index (χ2v) is 4.09. The number of rotatable bonds is 4. The summed E-state index contributed by atoms with van der Waals surface area (Å²) in [6.07, 6.45) is -20.4. The van der Waals surface area contributed by atoms with Crippen molar-refractivity contribution in [3.05, 3.63) is 0 Å². The molecule has 0 aromatic carbocycles. The monoisotopic (exact) mass is 356 g/mol. The SMILES string of the molecule is O=S(=O)(O)C(F)(F)C(F)(F)OC(F)(F)C(F)(F)F.[KH]. The van der Waals surface area contributed by atoms with Gasteiger partial charge in [-0.3, -0.25) is 4.55 Å². The van der Waals surface area contributed by atoms with Crippen LogP contribution >= 0.6 is 0 Å². The zero-order valence-electron chi connectivity index (χ0n) is 7.48. The maximum atomic E-state index is 12.2. The first-order valence-electron chi connectivity index (χ1n) is 3.33. The average Bonchev–Trinajstić information content (AvgIpc) is 1.96. The molecule has 0 saturated heterocycles. The zero-order valence-corrected chi connectivity index (χ0v) is 8.30. The van der Waals surface area contributed by atoms with Crippen LogP contribution < -0.4 is 0 Å². The van der Waals surface area contributed by atoms with Gasteiger partial charge in [-0.25, -0.2) is 4.74 Å². The van der Waals surface area contributed by atoms with Crippen molar-refractivity contribution in [3.8, 4) is 0 Å². The van der Waals surface area contributed by atoms with Crippen molar-refractivity contribution < 1.29 is 57.2 Å². The summed E-state index contributed by atoms with van der Waals surface area (Å²) in [6.45, 7) is 0. The Kier molecular flexibility index (Phi) is 6.92. The van der Waals surface area contributed by atoms with E-state index in [4.69, 9.17) is 4.55 Å². The third-order valence-electron chi connectivity index (χ3n) is 1.25. The van der Waals surface area contributed by atoms with Crippen molar-refractivity contribution in [3.63, 3.8) is 0 Å². The molecule has 0 aliphatic rings. The Labute approximate surface area is 141 Å². The summed E-state index contributed by atoms with van der Waals surface area (Å²) in [7, 11) is -6.99. The molecule has 0 aromatic heterocycles. The molecule has 0 spiro atoms. The summed E-state index contributed by atoms with van der Waals surface area (Å²) in [5, 5.41) is -6.70. The molecule has 0 rings (SSSR count). The number of halogens is 9. The molecule has 0 aromatic rings. The van der Waals surface area contributed by atoms with Crippen LogP contribution in [0, 0.1) is 0 Å². The van der Waals surface area contributed by atoms with Crippen LogP contribution in [-0.2, 0) is 14.9 Å². The van der Waals surface area contributed by atoms with Crippen molar-refractivity contribution in [2.75, 3.05) is 0 Å². The molecule has 0 fully saturated rings.